The van der Waals surface area contributed by atoms with Crippen molar-refractivity contribution in [3.05, 3.63) is 51.6 Å². The normalized spacial score (nSPS) is 17.4. The molecular weight excluding hydrogens is 362 g/mol. The van der Waals surface area contributed by atoms with E-state index >= 15 is 0 Å². The second kappa shape index (κ2) is 6.30. The summed E-state index contributed by atoms with van der Waals surface area (Å²) in [5, 5.41) is 24.0. The summed E-state index contributed by atoms with van der Waals surface area (Å²) in [6.45, 7) is 1.47. The van der Waals surface area contributed by atoms with Crippen LogP contribution >= 0.6 is 0 Å². The van der Waals surface area contributed by atoms with Crippen molar-refractivity contribution >= 4 is 29.4 Å². The van der Waals surface area contributed by atoms with E-state index < -0.39 is 11.6 Å². The first-order valence-electron chi connectivity index (χ1n) is 8.89. The second-order valence-electron chi connectivity index (χ2n) is 7.10. The summed E-state index contributed by atoms with van der Waals surface area (Å²) in [5.41, 5.74) is 0.409. The standard InChI is InChI=1S/C21H17NO6/c1-9(24)10-5-6-11-13(7-10)20(27)16-17(18(11)25)21(28)15-12(19(16)26)3-2-4-14(15)22-8-23/h2-4,8,10,25,27H,5-7H2,1H3,(H,22,23). The van der Waals surface area contributed by atoms with E-state index in [1.165, 1.54) is 25.1 Å². The Hall–Kier alpha value is -3.48. The van der Waals surface area contributed by atoms with Gasteiger partial charge in [-0.1, -0.05) is 12.1 Å². The van der Waals surface area contributed by atoms with Crippen LogP contribution in [-0.2, 0) is 22.4 Å². The van der Waals surface area contributed by atoms with Crippen molar-refractivity contribution in [2.45, 2.75) is 26.2 Å². The zero-order valence-corrected chi connectivity index (χ0v) is 15.0. The van der Waals surface area contributed by atoms with E-state index in [0.717, 1.165) is 0 Å². The largest absolute Gasteiger partial charge is 0.507 e. The smallest absolute Gasteiger partial charge is 0.211 e. The molecule has 1 unspecified atom stereocenters. The first kappa shape index (κ1) is 17.9. The van der Waals surface area contributed by atoms with Gasteiger partial charge in [0.15, 0.2) is 11.6 Å². The number of phenols is 2. The molecule has 28 heavy (non-hydrogen) atoms. The van der Waals surface area contributed by atoms with Crippen LogP contribution in [-0.4, -0.2) is 34.0 Å². The molecule has 7 nitrogen and oxygen atoms in total. The number of aromatic hydroxyl groups is 2. The van der Waals surface area contributed by atoms with Gasteiger partial charge in [-0.3, -0.25) is 19.2 Å². The van der Waals surface area contributed by atoms with Crippen molar-refractivity contribution in [3.63, 3.8) is 0 Å². The van der Waals surface area contributed by atoms with Gasteiger partial charge >= 0.3 is 0 Å². The molecule has 142 valence electrons. The predicted molar refractivity (Wildman–Crippen MR) is 99.0 cm³/mol. The van der Waals surface area contributed by atoms with E-state index in [0.29, 0.717) is 30.4 Å². The van der Waals surface area contributed by atoms with Gasteiger partial charge in [0.25, 0.3) is 0 Å². The number of anilines is 1. The molecule has 0 spiro atoms. The number of hydrogen-bond acceptors (Lipinski definition) is 6. The molecule has 7 heteroatoms. The Kier molecular flexibility index (Phi) is 4.03. The lowest BCUT2D eigenvalue weighted by molar-refractivity contribution is -0.121. The molecule has 2 aromatic carbocycles. The molecule has 0 bridgehead atoms. The van der Waals surface area contributed by atoms with Crippen molar-refractivity contribution < 1.29 is 29.4 Å². The SMILES string of the molecule is CC(=O)C1CCc2c(O)c3c(c(O)c2C1)C(=O)c1cccc(NC=O)c1C3=O. The van der Waals surface area contributed by atoms with Gasteiger partial charge in [-0.15, -0.1) is 0 Å². The maximum absolute atomic E-state index is 13.1. The van der Waals surface area contributed by atoms with Crippen molar-refractivity contribution in [1.82, 2.24) is 0 Å². The molecule has 2 aliphatic rings. The molecule has 1 atom stereocenters. The second-order valence-corrected chi connectivity index (χ2v) is 7.10. The highest BCUT2D eigenvalue weighted by molar-refractivity contribution is 6.32. The minimum Gasteiger partial charge on any atom is -0.507 e. The van der Waals surface area contributed by atoms with Crippen LogP contribution in [0.5, 0.6) is 11.5 Å². The molecular formula is C21H17NO6. The molecule has 0 aliphatic heterocycles. The zero-order chi connectivity index (χ0) is 20.2. The highest BCUT2D eigenvalue weighted by Gasteiger charge is 2.40. The molecule has 2 aromatic rings. The van der Waals surface area contributed by atoms with Gasteiger partial charge in [0.05, 0.1) is 22.4 Å². The van der Waals surface area contributed by atoms with Crippen molar-refractivity contribution in [2.24, 2.45) is 5.92 Å². The van der Waals surface area contributed by atoms with Crippen LogP contribution in [0.2, 0.25) is 0 Å². The Morgan fingerprint density at radius 2 is 1.75 bits per heavy atom. The number of hydrogen-bond donors (Lipinski definition) is 3. The van der Waals surface area contributed by atoms with E-state index in [9.17, 15) is 29.4 Å². The lowest BCUT2D eigenvalue weighted by atomic mass is 9.75. The molecule has 2 aliphatic carbocycles. The Bertz CT molecular complexity index is 1090. The number of fused-ring (bicyclic) bond motifs is 3. The van der Waals surface area contributed by atoms with Crippen LogP contribution in [0.1, 0.15) is 56.3 Å². The van der Waals surface area contributed by atoms with Gasteiger partial charge < -0.3 is 15.5 Å². The van der Waals surface area contributed by atoms with Gasteiger partial charge in [0, 0.05) is 22.6 Å². The number of benzene rings is 2. The van der Waals surface area contributed by atoms with Gasteiger partial charge in [0.1, 0.15) is 17.3 Å². The Labute approximate surface area is 160 Å². The van der Waals surface area contributed by atoms with Gasteiger partial charge in [-0.25, -0.2) is 0 Å². The van der Waals surface area contributed by atoms with Crippen molar-refractivity contribution in [1.29, 1.82) is 0 Å². The predicted octanol–water partition coefficient (Wildman–Crippen LogP) is 2.14. The Morgan fingerprint density at radius 3 is 2.43 bits per heavy atom. The van der Waals surface area contributed by atoms with Crippen LogP contribution in [0.15, 0.2) is 18.2 Å². The lowest BCUT2D eigenvalue weighted by Gasteiger charge is -2.29. The average Bonchev–Trinajstić information content (AvgIpc) is 2.68. The van der Waals surface area contributed by atoms with Crippen molar-refractivity contribution in [2.75, 3.05) is 5.32 Å². The van der Waals surface area contributed by atoms with Crippen LogP contribution < -0.4 is 5.32 Å². The summed E-state index contributed by atoms with van der Waals surface area (Å²) in [7, 11) is 0. The third kappa shape index (κ3) is 2.36. The molecule has 4 rings (SSSR count). The fourth-order valence-electron chi connectivity index (χ4n) is 4.20. The Balaban J connectivity index is 1.97. The number of carbonyl (C=O) groups excluding carboxylic acids is 4. The maximum atomic E-state index is 13.1. The third-order valence-electron chi connectivity index (χ3n) is 5.63. The van der Waals surface area contributed by atoms with Crippen LogP contribution in [0.25, 0.3) is 0 Å². The van der Waals surface area contributed by atoms with E-state index in [-0.39, 0.29) is 57.6 Å². The molecule has 0 saturated carbocycles. The molecule has 0 aromatic heterocycles. The molecule has 0 fully saturated rings. The maximum Gasteiger partial charge on any atom is 0.211 e. The summed E-state index contributed by atoms with van der Waals surface area (Å²) in [4.78, 5) is 48.9. The quantitative estimate of drug-likeness (QED) is 0.474. The first-order valence-corrected chi connectivity index (χ1v) is 8.89. The van der Waals surface area contributed by atoms with Crippen LogP contribution in [0.4, 0.5) is 5.69 Å². The van der Waals surface area contributed by atoms with E-state index in [1.807, 2.05) is 0 Å². The third-order valence-corrected chi connectivity index (χ3v) is 5.63. The Morgan fingerprint density at radius 1 is 1.07 bits per heavy atom. The minimum atomic E-state index is -0.640. The molecule has 0 heterocycles. The molecule has 0 saturated heterocycles. The number of carbonyl (C=O) groups is 4. The van der Waals surface area contributed by atoms with Crippen LogP contribution in [0.3, 0.4) is 0 Å². The topological polar surface area (TPSA) is 121 Å². The summed E-state index contributed by atoms with van der Waals surface area (Å²) >= 11 is 0. The van der Waals surface area contributed by atoms with Gasteiger partial charge in [-0.05, 0) is 32.3 Å². The fourth-order valence-corrected chi connectivity index (χ4v) is 4.20. The van der Waals surface area contributed by atoms with Gasteiger partial charge in [0.2, 0.25) is 6.41 Å². The molecule has 1 amide bonds. The highest BCUT2D eigenvalue weighted by atomic mass is 16.3. The van der Waals surface area contributed by atoms with E-state index in [2.05, 4.69) is 5.32 Å². The van der Waals surface area contributed by atoms with Gasteiger partial charge in [-0.2, -0.15) is 0 Å². The minimum absolute atomic E-state index is 0.0147. The summed E-state index contributed by atoms with van der Waals surface area (Å²) in [6, 6.07) is 4.43. The number of Topliss-reactive ketones (excluding diaryl/α,β-unsaturated/α-hetero) is 1. The summed E-state index contributed by atoms with van der Waals surface area (Å²) < 4.78 is 0. The summed E-state index contributed by atoms with van der Waals surface area (Å²) in [6.07, 6.45) is 1.41. The monoisotopic (exact) mass is 379 g/mol. The first-order chi connectivity index (χ1) is 13.4. The highest BCUT2D eigenvalue weighted by Crippen LogP contribution is 2.47. The number of nitrogens with one attached hydrogen (secondary N) is 1. The molecule has 0 radical (unpaired) electrons. The number of ketones is 3. The van der Waals surface area contributed by atoms with Crippen molar-refractivity contribution in [3.8, 4) is 11.5 Å². The fraction of sp³-hybridized carbons (Fsp3) is 0.238. The average molecular weight is 379 g/mol. The summed E-state index contributed by atoms with van der Waals surface area (Å²) in [5.74, 6) is -2.28. The van der Waals surface area contributed by atoms with E-state index in [1.54, 1.807) is 0 Å². The van der Waals surface area contributed by atoms with Crippen LogP contribution in [0, 0.1) is 5.92 Å². The van der Waals surface area contributed by atoms with E-state index in [4.69, 9.17) is 0 Å². The number of phenolic OH excluding ortho intramolecular Hbond substituents is 2. The lowest BCUT2D eigenvalue weighted by Crippen LogP contribution is -2.26. The zero-order valence-electron chi connectivity index (χ0n) is 15.0. The molecule has 3 N–H and O–H groups in total. The number of rotatable bonds is 3. The number of amides is 1.